The Hall–Kier alpha value is -5.10. The van der Waals surface area contributed by atoms with E-state index in [0.717, 1.165) is 30.7 Å². The lowest BCUT2D eigenvalue weighted by molar-refractivity contribution is -0.141. The van der Waals surface area contributed by atoms with Gasteiger partial charge in [0.05, 0.1) is 19.8 Å². The molecule has 0 aliphatic carbocycles. The summed E-state index contributed by atoms with van der Waals surface area (Å²) in [5.74, 6) is -1.38. The van der Waals surface area contributed by atoms with Crippen LogP contribution in [0, 0.1) is 6.57 Å². The van der Waals surface area contributed by atoms with Crippen LogP contribution in [0.4, 0.5) is 32.2 Å². The summed E-state index contributed by atoms with van der Waals surface area (Å²) in [6, 6.07) is 6.65. The molecule has 16 heteroatoms. The average Bonchev–Trinajstić information content (AvgIpc) is 2.99. The maximum absolute atomic E-state index is 12.5. The van der Waals surface area contributed by atoms with Crippen LogP contribution >= 0.6 is 11.6 Å². The molecule has 0 spiro atoms. The number of carbonyl (C=O) groups excluding carboxylic acids is 2. The van der Waals surface area contributed by atoms with Crippen LogP contribution in [0.5, 0.6) is 0 Å². The largest absolute Gasteiger partial charge is 0.465 e. The van der Waals surface area contributed by atoms with Crippen molar-refractivity contribution in [2.45, 2.75) is 12.4 Å². The Morgan fingerprint density at radius 2 is 1.16 bits per heavy atom. The summed E-state index contributed by atoms with van der Waals surface area (Å²) in [4.78, 5) is 40.6. The first kappa shape index (κ1) is 32.4. The maximum Gasteiger partial charge on any atom is 0.433 e. The molecular formula is C27H16ClF6N5O4. The Morgan fingerprint density at radius 1 is 0.721 bits per heavy atom. The smallest absolute Gasteiger partial charge is 0.433 e. The van der Waals surface area contributed by atoms with E-state index in [0.29, 0.717) is 11.1 Å². The van der Waals surface area contributed by atoms with Gasteiger partial charge in [-0.05, 0) is 35.4 Å². The number of pyridine rings is 4. The first-order valence-corrected chi connectivity index (χ1v) is 11.8. The summed E-state index contributed by atoms with van der Waals surface area (Å²) in [5, 5.41) is 0.0950. The quantitative estimate of drug-likeness (QED) is 0.102. The van der Waals surface area contributed by atoms with Gasteiger partial charge < -0.3 is 14.3 Å². The van der Waals surface area contributed by atoms with Gasteiger partial charge in [-0.25, -0.2) is 14.6 Å². The fraction of sp³-hybridized carbons (Fsp3) is 0.148. The van der Waals surface area contributed by atoms with Gasteiger partial charge in [0.15, 0.2) is 0 Å². The summed E-state index contributed by atoms with van der Waals surface area (Å²) in [6.45, 7) is 6.92. The van der Waals surface area contributed by atoms with Gasteiger partial charge in [0.25, 0.3) is 5.82 Å². The topological polar surface area (TPSA) is 109 Å². The van der Waals surface area contributed by atoms with Crippen molar-refractivity contribution in [1.29, 1.82) is 0 Å². The third kappa shape index (κ3) is 8.01. The molecule has 0 aromatic carbocycles. The van der Waals surface area contributed by atoms with Gasteiger partial charge in [-0.2, -0.15) is 26.3 Å². The highest BCUT2D eigenvalue weighted by Gasteiger charge is 2.33. The molecule has 0 saturated carbocycles. The highest BCUT2D eigenvalue weighted by atomic mass is 35.5. The lowest BCUT2D eigenvalue weighted by Crippen LogP contribution is -2.08. The second kappa shape index (κ2) is 13.3. The molecule has 9 nitrogen and oxygen atoms in total. The number of hydrogen-bond acceptors (Lipinski definition) is 8. The van der Waals surface area contributed by atoms with Gasteiger partial charge in [-0.1, -0.05) is 30.3 Å². The van der Waals surface area contributed by atoms with Crippen LogP contribution in [0.3, 0.4) is 0 Å². The van der Waals surface area contributed by atoms with Crippen molar-refractivity contribution in [2.24, 2.45) is 0 Å². The summed E-state index contributed by atoms with van der Waals surface area (Å²) in [5.41, 5.74) is -0.869. The van der Waals surface area contributed by atoms with Crippen molar-refractivity contribution in [3.63, 3.8) is 0 Å². The van der Waals surface area contributed by atoms with E-state index in [4.69, 9.17) is 18.2 Å². The molecule has 4 aromatic rings. The summed E-state index contributed by atoms with van der Waals surface area (Å²) in [7, 11) is 2.35. The summed E-state index contributed by atoms with van der Waals surface area (Å²) in [6.07, 6.45) is -4.74. The molecule has 0 radical (unpaired) electrons. The Balaban J connectivity index is 0.000000236. The number of ether oxygens (including phenoxy) is 2. The molecule has 0 atom stereocenters. The minimum Gasteiger partial charge on any atom is -0.465 e. The molecule has 222 valence electrons. The van der Waals surface area contributed by atoms with Crippen LogP contribution in [0.15, 0.2) is 61.2 Å². The molecule has 4 rings (SSSR count). The molecule has 0 fully saturated rings. The molecular weight excluding hydrogens is 608 g/mol. The standard InChI is InChI=1S/C14H8F3N3O2.C13H8ClF3N2O2/c1-18-12-5-9(10(7-20-12)13(21)22-2)8-3-4-11(19-6-8)14(15,16)17;1-21-12(20)9-6-19-11(14)4-8(9)7-2-3-10(18-5-7)13(15,16)17/h3-7H,2H3;2-6H,1H3. The normalized spacial score (nSPS) is 11.1. The molecule has 43 heavy (non-hydrogen) atoms. The number of rotatable bonds is 4. The average molecular weight is 624 g/mol. The highest BCUT2D eigenvalue weighted by Crippen LogP contribution is 2.32. The molecule has 0 saturated heterocycles. The van der Waals surface area contributed by atoms with Crippen molar-refractivity contribution in [2.75, 3.05) is 14.2 Å². The molecule has 4 aromatic heterocycles. The van der Waals surface area contributed by atoms with Gasteiger partial charge in [0.1, 0.15) is 28.3 Å². The molecule has 4 heterocycles. The Morgan fingerprint density at radius 3 is 1.53 bits per heavy atom. The molecule has 0 unspecified atom stereocenters. The van der Waals surface area contributed by atoms with Crippen LogP contribution in [0.2, 0.25) is 5.15 Å². The third-order valence-corrected chi connectivity index (χ3v) is 5.62. The van der Waals surface area contributed by atoms with E-state index in [1.54, 1.807) is 0 Å². The first-order chi connectivity index (χ1) is 20.2. The van der Waals surface area contributed by atoms with Crippen molar-refractivity contribution in [3.8, 4) is 22.3 Å². The van der Waals surface area contributed by atoms with Gasteiger partial charge in [-0.15, -0.1) is 4.98 Å². The van der Waals surface area contributed by atoms with E-state index in [9.17, 15) is 35.9 Å². The third-order valence-electron chi connectivity index (χ3n) is 5.42. The Kier molecular flexibility index (Phi) is 9.99. The lowest BCUT2D eigenvalue weighted by Gasteiger charge is -2.09. The van der Waals surface area contributed by atoms with Crippen LogP contribution in [-0.4, -0.2) is 46.1 Å². The SMILES string of the molecule is COC(=O)c1cnc(Cl)cc1-c1ccc(C(F)(F)F)nc1.[C-]#[N+]c1cc(-c2ccc(C(F)(F)F)nc2)c(C(=O)OC)cn1. The zero-order chi connectivity index (χ0) is 31.9. The number of aromatic nitrogens is 4. The minimum atomic E-state index is -4.55. The van der Waals surface area contributed by atoms with Crippen LogP contribution in [0.1, 0.15) is 32.1 Å². The molecule has 0 aliphatic rings. The van der Waals surface area contributed by atoms with E-state index in [1.165, 1.54) is 44.7 Å². The maximum atomic E-state index is 12.5. The number of esters is 2. The number of halogens is 7. The van der Waals surface area contributed by atoms with Gasteiger partial charge in [0, 0.05) is 29.7 Å². The van der Waals surface area contributed by atoms with Crippen molar-refractivity contribution >= 4 is 29.4 Å². The Bertz CT molecular complexity index is 1670. The second-order valence-electron chi connectivity index (χ2n) is 8.10. The second-order valence-corrected chi connectivity index (χ2v) is 8.48. The van der Waals surface area contributed by atoms with Gasteiger partial charge >= 0.3 is 24.3 Å². The van der Waals surface area contributed by atoms with Crippen LogP contribution in [-0.2, 0) is 21.8 Å². The van der Waals surface area contributed by atoms with Gasteiger partial charge in [-0.3, -0.25) is 9.97 Å². The van der Waals surface area contributed by atoms with E-state index in [-0.39, 0.29) is 33.2 Å². The zero-order valence-electron chi connectivity index (χ0n) is 21.8. The number of hydrogen-bond donors (Lipinski definition) is 0. The number of carbonyl (C=O) groups is 2. The lowest BCUT2D eigenvalue weighted by atomic mass is 10.0. The monoisotopic (exact) mass is 623 g/mol. The molecule has 0 amide bonds. The van der Waals surface area contributed by atoms with Crippen LogP contribution < -0.4 is 0 Å². The minimum absolute atomic E-state index is 0.00236. The van der Waals surface area contributed by atoms with Crippen molar-refractivity contribution < 1.29 is 45.4 Å². The highest BCUT2D eigenvalue weighted by molar-refractivity contribution is 6.29. The zero-order valence-corrected chi connectivity index (χ0v) is 22.5. The van der Waals surface area contributed by atoms with Crippen LogP contribution in [0.25, 0.3) is 27.1 Å². The van der Waals surface area contributed by atoms with Gasteiger partial charge in [0.2, 0.25) is 0 Å². The number of nitrogens with zero attached hydrogens (tertiary/aromatic N) is 5. The first-order valence-electron chi connectivity index (χ1n) is 11.5. The van der Waals surface area contributed by atoms with E-state index in [1.807, 2.05) is 0 Å². The summed E-state index contributed by atoms with van der Waals surface area (Å²) < 4.78 is 84.2. The number of methoxy groups -OCH3 is 2. The predicted molar refractivity (Wildman–Crippen MR) is 139 cm³/mol. The molecule has 0 bridgehead atoms. The fourth-order valence-corrected chi connectivity index (χ4v) is 3.56. The molecule has 0 N–H and O–H groups in total. The number of alkyl halides is 6. The van der Waals surface area contributed by atoms with Crippen molar-refractivity contribution in [3.05, 3.63) is 100 Å². The predicted octanol–water partition coefficient (Wildman–Crippen LogP) is 7.10. The fourth-order valence-electron chi connectivity index (χ4n) is 3.40. The van der Waals surface area contributed by atoms with Crippen molar-refractivity contribution in [1.82, 2.24) is 19.9 Å². The Labute approximate surface area is 243 Å². The molecule has 0 aliphatic heterocycles. The van der Waals surface area contributed by atoms with E-state index in [2.05, 4.69) is 34.3 Å². The van der Waals surface area contributed by atoms with E-state index < -0.39 is 35.7 Å². The van der Waals surface area contributed by atoms with E-state index >= 15 is 0 Å². The summed E-state index contributed by atoms with van der Waals surface area (Å²) >= 11 is 5.75.